The van der Waals surface area contributed by atoms with E-state index < -0.39 is 0 Å². The summed E-state index contributed by atoms with van der Waals surface area (Å²) in [6, 6.07) is 24.8. The molecular formula is C17H16N2. The van der Waals surface area contributed by atoms with Crippen molar-refractivity contribution < 1.29 is 0 Å². The Bertz CT molecular complexity index is 672. The number of nitrogens with two attached hydrogens (primary N) is 1. The highest BCUT2D eigenvalue weighted by Crippen LogP contribution is 2.25. The molecule has 3 aromatic rings. The third-order valence-electron chi connectivity index (χ3n) is 3.27. The lowest BCUT2D eigenvalue weighted by Crippen LogP contribution is -2.30. The molecule has 2 N–H and O–H groups in total. The number of hydrogen-bond acceptors (Lipinski definition) is 2. The van der Waals surface area contributed by atoms with Crippen LogP contribution in [0.1, 0.15) is 5.56 Å². The Morgan fingerprint density at radius 2 is 1.42 bits per heavy atom. The van der Waals surface area contributed by atoms with Crippen LogP contribution >= 0.6 is 0 Å². The van der Waals surface area contributed by atoms with Gasteiger partial charge in [0, 0.05) is 5.39 Å². The lowest BCUT2D eigenvalue weighted by molar-refractivity contribution is 0.857. The summed E-state index contributed by atoms with van der Waals surface area (Å²) < 4.78 is 0. The second kappa shape index (κ2) is 5.12. The molecule has 19 heavy (non-hydrogen) atoms. The van der Waals surface area contributed by atoms with Crippen LogP contribution in [0, 0.1) is 0 Å². The molecule has 2 nitrogen and oxygen atoms in total. The standard InChI is InChI=1S/C17H16N2/c18-19(13-14-7-2-1-3-8-14)17-12-6-10-15-9-4-5-11-16(15)17/h1-12H,13,18H2. The molecule has 94 valence electrons. The van der Waals surface area contributed by atoms with Crippen molar-refractivity contribution in [3.63, 3.8) is 0 Å². The highest BCUT2D eigenvalue weighted by molar-refractivity contribution is 5.94. The molecule has 0 bridgehead atoms. The summed E-state index contributed by atoms with van der Waals surface area (Å²) in [5, 5.41) is 4.20. The van der Waals surface area contributed by atoms with Gasteiger partial charge in [-0.1, -0.05) is 66.7 Å². The monoisotopic (exact) mass is 248 g/mol. The fraction of sp³-hybridized carbons (Fsp3) is 0.0588. The third-order valence-corrected chi connectivity index (χ3v) is 3.27. The Labute approximate surface area is 113 Å². The summed E-state index contributed by atoms with van der Waals surface area (Å²) in [7, 11) is 0. The van der Waals surface area contributed by atoms with Gasteiger partial charge >= 0.3 is 0 Å². The summed E-state index contributed by atoms with van der Waals surface area (Å²) in [5.74, 6) is 6.23. The fourth-order valence-corrected chi connectivity index (χ4v) is 2.32. The average Bonchev–Trinajstić information content (AvgIpc) is 2.47. The number of anilines is 1. The maximum atomic E-state index is 6.23. The van der Waals surface area contributed by atoms with Gasteiger partial charge in [-0.15, -0.1) is 0 Å². The first-order valence-corrected chi connectivity index (χ1v) is 6.38. The predicted molar refractivity (Wildman–Crippen MR) is 80.8 cm³/mol. The molecule has 0 spiro atoms. The van der Waals surface area contributed by atoms with Gasteiger partial charge in [-0.3, -0.25) is 0 Å². The van der Waals surface area contributed by atoms with Crippen LogP contribution in [0.25, 0.3) is 10.8 Å². The summed E-state index contributed by atoms with van der Waals surface area (Å²) in [6.07, 6.45) is 0. The number of rotatable bonds is 3. The van der Waals surface area contributed by atoms with E-state index in [2.05, 4.69) is 36.4 Å². The molecule has 0 atom stereocenters. The van der Waals surface area contributed by atoms with Crippen LogP contribution < -0.4 is 10.9 Å². The molecule has 0 aliphatic carbocycles. The van der Waals surface area contributed by atoms with E-state index in [0.29, 0.717) is 6.54 Å². The van der Waals surface area contributed by atoms with Crippen molar-refractivity contribution in [2.45, 2.75) is 6.54 Å². The quantitative estimate of drug-likeness (QED) is 0.565. The fourth-order valence-electron chi connectivity index (χ4n) is 2.32. The topological polar surface area (TPSA) is 29.3 Å². The largest absolute Gasteiger partial charge is 0.306 e. The Balaban J connectivity index is 1.96. The van der Waals surface area contributed by atoms with E-state index in [9.17, 15) is 0 Å². The van der Waals surface area contributed by atoms with Crippen LogP contribution in [0.2, 0.25) is 0 Å². The second-order valence-electron chi connectivity index (χ2n) is 4.61. The molecule has 3 rings (SSSR count). The first kappa shape index (κ1) is 11.8. The molecule has 0 saturated carbocycles. The predicted octanol–water partition coefficient (Wildman–Crippen LogP) is 3.72. The Kier molecular flexibility index (Phi) is 3.17. The van der Waals surface area contributed by atoms with E-state index in [1.54, 1.807) is 5.01 Å². The summed E-state index contributed by atoms with van der Waals surface area (Å²) in [5.41, 5.74) is 2.26. The molecule has 0 aliphatic heterocycles. The van der Waals surface area contributed by atoms with E-state index in [0.717, 1.165) is 5.69 Å². The summed E-state index contributed by atoms with van der Waals surface area (Å²) in [6.45, 7) is 0.703. The number of nitrogens with zero attached hydrogens (tertiary/aromatic N) is 1. The molecule has 0 fully saturated rings. The van der Waals surface area contributed by atoms with Crippen LogP contribution in [0.3, 0.4) is 0 Å². The van der Waals surface area contributed by atoms with Gasteiger partial charge < -0.3 is 5.01 Å². The molecule has 0 unspecified atom stereocenters. The zero-order chi connectivity index (χ0) is 13.1. The van der Waals surface area contributed by atoms with Crippen molar-refractivity contribution in [2.75, 3.05) is 5.01 Å². The van der Waals surface area contributed by atoms with E-state index >= 15 is 0 Å². The van der Waals surface area contributed by atoms with E-state index in [-0.39, 0.29) is 0 Å². The molecule has 0 aromatic heterocycles. The molecule has 3 aromatic carbocycles. The molecule has 0 radical (unpaired) electrons. The van der Waals surface area contributed by atoms with Crippen molar-refractivity contribution in [1.82, 2.24) is 0 Å². The smallest absolute Gasteiger partial charge is 0.0599 e. The van der Waals surface area contributed by atoms with Crippen molar-refractivity contribution in [3.05, 3.63) is 78.4 Å². The molecule has 0 saturated heterocycles. The van der Waals surface area contributed by atoms with Gasteiger partial charge in [0.2, 0.25) is 0 Å². The summed E-state index contributed by atoms with van der Waals surface area (Å²) >= 11 is 0. The minimum absolute atomic E-state index is 0.703. The molecule has 0 amide bonds. The lowest BCUT2D eigenvalue weighted by atomic mass is 10.1. The average molecular weight is 248 g/mol. The maximum Gasteiger partial charge on any atom is 0.0599 e. The summed E-state index contributed by atoms with van der Waals surface area (Å²) in [4.78, 5) is 0. The maximum absolute atomic E-state index is 6.23. The molecule has 2 heteroatoms. The van der Waals surface area contributed by atoms with Gasteiger partial charge in [0.15, 0.2) is 0 Å². The van der Waals surface area contributed by atoms with Crippen molar-refractivity contribution in [2.24, 2.45) is 5.84 Å². The highest BCUT2D eigenvalue weighted by atomic mass is 15.4. The van der Waals surface area contributed by atoms with Gasteiger partial charge in [0.25, 0.3) is 0 Å². The van der Waals surface area contributed by atoms with Crippen LogP contribution in [0.15, 0.2) is 72.8 Å². The number of hydrazine groups is 1. The van der Waals surface area contributed by atoms with Crippen LogP contribution in [-0.4, -0.2) is 0 Å². The SMILES string of the molecule is NN(Cc1ccccc1)c1cccc2ccccc12. The first-order chi connectivity index (χ1) is 9.34. The van der Waals surface area contributed by atoms with Gasteiger partial charge in [-0.05, 0) is 17.0 Å². The molecule has 0 heterocycles. The number of hydrogen-bond donors (Lipinski definition) is 1. The first-order valence-electron chi connectivity index (χ1n) is 6.38. The normalized spacial score (nSPS) is 10.6. The Morgan fingerprint density at radius 3 is 2.26 bits per heavy atom. The van der Waals surface area contributed by atoms with Crippen molar-refractivity contribution in [1.29, 1.82) is 0 Å². The van der Waals surface area contributed by atoms with E-state index in [4.69, 9.17) is 5.84 Å². The second-order valence-corrected chi connectivity index (χ2v) is 4.61. The molecule has 0 aliphatic rings. The van der Waals surface area contributed by atoms with E-state index in [1.165, 1.54) is 16.3 Å². The number of fused-ring (bicyclic) bond motifs is 1. The zero-order valence-electron chi connectivity index (χ0n) is 10.7. The number of benzene rings is 3. The van der Waals surface area contributed by atoms with Gasteiger partial charge in [-0.2, -0.15) is 0 Å². The Hall–Kier alpha value is -2.32. The minimum Gasteiger partial charge on any atom is -0.306 e. The Morgan fingerprint density at radius 1 is 0.737 bits per heavy atom. The van der Waals surface area contributed by atoms with Crippen LogP contribution in [0.5, 0.6) is 0 Å². The zero-order valence-corrected chi connectivity index (χ0v) is 10.7. The van der Waals surface area contributed by atoms with Gasteiger partial charge in [0.05, 0.1) is 12.2 Å². The third kappa shape index (κ3) is 2.44. The van der Waals surface area contributed by atoms with Gasteiger partial charge in [0.1, 0.15) is 0 Å². The van der Waals surface area contributed by atoms with Gasteiger partial charge in [-0.25, -0.2) is 5.84 Å². The van der Waals surface area contributed by atoms with Crippen molar-refractivity contribution in [3.8, 4) is 0 Å². The van der Waals surface area contributed by atoms with E-state index in [1.807, 2.05) is 36.4 Å². The minimum atomic E-state index is 0.703. The molecular weight excluding hydrogens is 232 g/mol. The highest BCUT2D eigenvalue weighted by Gasteiger charge is 2.06. The van der Waals surface area contributed by atoms with Crippen LogP contribution in [-0.2, 0) is 6.54 Å². The van der Waals surface area contributed by atoms with Crippen LogP contribution in [0.4, 0.5) is 5.69 Å². The lowest BCUT2D eigenvalue weighted by Gasteiger charge is -2.20. The van der Waals surface area contributed by atoms with Crippen molar-refractivity contribution >= 4 is 16.5 Å².